The van der Waals surface area contributed by atoms with Crippen LogP contribution in [-0.2, 0) is 4.79 Å². The number of hydrogen-bond donors (Lipinski definition) is 2. The lowest BCUT2D eigenvalue weighted by atomic mass is 10.1. The first kappa shape index (κ1) is 10.7. The molecule has 0 aromatic heterocycles. The second-order valence-corrected chi connectivity index (χ2v) is 2.81. The fourth-order valence-electron chi connectivity index (χ4n) is 0.992. The summed E-state index contributed by atoms with van der Waals surface area (Å²) in [5.74, 6) is -0.638. The fraction of sp³-hybridized carbons (Fsp3) is 0. The van der Waals surface area contributed by atoms with Crippen LogP contribution in [0.2, 0.25) is 0 Å². The molecule has 4 N–H and O–H groups in total. The number of benzene rings is 1. The number of nitro benzene ring substituents is 1. The van der Waals surface area contributed by atoms with Crippen LogP contribution in [0, 0.1) is 10.1 Å². The Kier molecular flexibility index (Phi) is 3.02. The summed E-state index contributed by atoms with van der Waals surface area (Å²) in [7, 11) is 0. The number of nitrogens with two attached hydrogens (primary N) is 2. The molecule has 78 valence electrons. The molecule has 0 bridgehead atoms. The van der Waals surface area contributed by atoms with Crippen LogP contribution in [0.4, 0.5) is 11.4 Å². The van der Waals surface area contributed by atoms with Gasteiger partial charge in [0.2, 0.25) is 5.91 Å². The minimum absolute atomic E-state index is 0.0895. The number of nitro groups is 1. The first-order valence-corrected chi connectivity index (χ1v) is 4.02. The standard InChI is InChI=1S/C9H9N3O3/c10-8-3-2-7(12(14)15)5-6(8)1-4-9(11)13/h1-5H,10H2,(H2,11,13). The summed E-state index contributed by atoms with van der Waals surface area (Å²) in [6.07, 6.45) is 2.43. The molecule has 1 amide bonds. The van der Waals surface area contributed by atoms with Crippen LogP contribution in [0.1, 0.15) is 5.56 Å². The third kappa shape index (κ3) is 2.80. The van der Waals surface area contributed by atoms with Gasteiger partial charge in [0.05, 0.1) is 4.92 Å². The van der Waals surface area contributed by atoms with Crippen LogP contribution in [-0.4, -0.2) is 10.8 Å². The van der Waals surface area contributed by atoms with Crippen LogP contribution in [0.5, 0.6) is 0 Å². The Morgan fingerprint density at radius 2 is 2.13 bits per heavy atom. The molecule has 15 heavy (non-hydrogen) atoms. The molecule has 1 rings (SSSR count). The molecule has 6 nitrogen and oxygen atoms in total. The van der Waals surface area contributed by atoms with Gasteiger partial charge in [0.15, 0.2) is 0 Å². The van der Waals surface area contributed by atoms with Crippen molar-refractivity contribution in [2.45, 2.75) is 0 Å². The molecule has 6 heteroatoms. The first-order chi connectivity index (χ1) is 7.00. The van der Waals surface area contributed by atoms with Gasteiger partial charge in [-0.15, -0.1) is 0 Å². The second kappa shape index (κ2) is 4.23. The maximum Gasteiger partial charge on any atom is 0.270 e. The van der Waals surface area contributed by atoms with E-state index in [-0.39, 0.29) is 5.69 Å². The van der Waals surface area contributed by atoms with E-state index < -0.39 is 10.8 Å². The van der Waals surface area contributed by atoms with Crippen molar-refractivity contribution in [3.63, 3.8) is 0 Å². The number of carbonyl (C=O) groups is 1. The smallest absolute Gasteiger partial charge is 0.270 e. The summed E-state index contributed by atoms with van der Waals surface area (Å²) >= 11 is 0. The van der Waals surface area contributed by atoms with E-state index in [9.17, 15) is 14.9 Å². The van der Waals surface area contributed by atoms with Gasteiger partial charge in [-0.2, -0.15) is 0 Å². The van der Waals surface area contributed by atoms with Gasteiger partial charge in [0.1, 0.15) is 0 Å². The highest BCUT2D eigenvalue weighted by Crippen LogP contribution is 2.20. The summed E-state index contributed by atoms with van der Waals surface area (Å²) in [5, 5.41) is 10.5. The number of carbonyl (C=O) groups excluding carboxylic acids is 1. The molecule has 0 aliphatic rings. The highest BCUT2D eigenvalue weighted by molar-refractivity contribution is 5.91. The van der Waals surface area contributed by atoms with Crippen molar-refractivity contribution < 1.29 is 9.72 Å². The molecule has 0 saturated heterocycles. The van der Waals surface area contributed by atoms with Gasteiger partial charge in [0, 0.05) is 29.5 Å². The molecule has 1 aromatic carbocycles. The minimum atomic E-state index is -0.638. The largest absolute Gasteiger partial charge is 0.398 e. The highest BCUT2D eigenvalue weighted by atomic mass is 16.6. The summed E-state index contributed by atoms with van der Waals surface area (Å²) in [4.78, 5) is 20.4. The Labute approximate surface area is 85.3 Å². The normalized spacial score (nSPS) is 10.4. The number of amides is 1. The average Bonchev–Trinajstić information content (AvgIpc) is 2.16. The van der Waals surface area contributed by atoms with Gasteiger partial charge in [-0.25, -0.2) is 0 Å². The summed E-state index contributed by atoms with van der Waals surface area (Å²) in [6.45, 7) is 0. The maximum atomic E-state index is 10.5. The number of primary amides is 1. The number of anilines is 1. The number of rotatable bonds is 3. The van der Waals surface area contributed by atoms with Crippen molar-refractivity contribution in [1.29, 1.82) is 0 Å². The lowest BCUT2D eigenvalue weighted by molar-refractivity contribution is -0.384. The van der Waals surface area contributed by atoms with Crippen molar-refractivity contribution >= 4 is 23.4 Å². The second-order valence-electron chi connectivity index (χ2n) is 2.81. The minimum Gasteiger partial charge on any atom is -0.398 e. The fourth-order valence-corrected chi connectivity index (χ4v) is 0.992. The van der Waals surface area contributed by atoms with Crippen LogP contribution in [0.3, 0.4) is 0 Å². The van der Waals surface area contributed by atoms with Crippen LogP contribution < -0.4 is 11.5 Å². The van der Waals surface area contributed by atoms with E-state index in [0.29, 0.717) is 11.3 Å². The predicted molar refractivity (Wildman–Crippen MR) is 55.7 cm³/mol. The summed E-state index contributed by atoms with van der Waals surface area (Å²) < 4.78 is 0. The zero-order valence-electron chi connectivity index (χ0n) is 7.71. The van der Waals surface area contributed by atoms with Crippen molar-refractivity contribution in [2.75, 3.05) is 5.73 Å². The van der Waals surface area contributed by atoms with E-state index >= 15 is 0 Å². The quantitative estimate of drug-likeness (QED) is 0.328. The van der Waals surface area contributed by atoms with Crippen LogP contribution in [0.25, 0.3) is 6.08 Å². The summed E-state index contributed by atoms with van der Waals surface area (Å²) in [5.41, 5.74) is 11.1. The number of hydrogen-bond acceptors (Lipinski definition) is 4. The lowest BCUT2D eigenvalue weighted by Crippen LogP contribution is -2.05. The number of nitrogen functional groups attached to an aromatic ring is 1. The monoisotopic (exact) mass is 207 g/mol. The number of non-ortho nitro benzene ring substituents is 1. The van der Waals surface area contributed by atoms with Gasteiger partial charge in [-0.1, -0.05) is 0 Å². The first-order valence-electron chi connectivity index (χ1n) is 4.02. The van der Waals surface area contributed by atoms with Crippen LogP contribution >= 0.6 is 0 Å². The predicted octanol–water partition coefficient (Wildman–Crippen LogP) is 0.676. The van der Waals surface area contributed by atoms with Gasteiger partial charge in [-0.05, 0) is 12.1 Å². The molecule has 0 spiro atoms. The topological polar surface area (TPSA) is 112 Å². The Balaban J connectivity index is 3.11. The molecule has 0 radical (unpaired) electrons. The molecule has 0 saturated carbocycles. The zero-order chi connectivity index (χ0) is 11.4. The highest BCUT2D eigenvalue weighted by Gasteiger charge is 2.06. The molecule has 0 atom stereocenters. The number of nitrogens with zero attached hydrogens (tertiary/aromatic N) is 1. The molecule has 0 heterocycles. The van der Waals surface area contributed by atoms with E-state index in [1.165, 1.54) is 24.3 Å². The molecular formula is C9H9N3O3. The van der Waals surface area contributed by atoms with Crippen molar-refractivity contribution in [1.82, 2.24) is 0 Å². The summed E-state index contributed by atoms with van der Waals surface area (Å²) in [6, 6.07) is 3.96. The average molecular weight is 207 g/mol. The van der Waals surface area contributed by atoms with Gasteiger partial charge >= 0.3 is 0 Å². The Bertz CT molecular complexity index is 440. The third-order valence-electron chi connectivity index (χ3n) is 1.71. The van der Waals surface area contributed by atoms with Crippen molar-refractivity contribution in [3.8, 4) is 0 Å². The molecule has 0 aliphatic heterocycles. The van der Waals surface area contributed by atoms with E-state index in [1.807, 2.05) is 0 Å². The maximum absolute atomic E-state index is 10.5. The van der Waals surface area contributed by atoms with Gasteiger partial charge in [0.25, 0.3) is 5.69 Å². The third-order valence-corrected chi connectivity index (χ3v) is 1.71. The van der Waals surface area contributed by atoms with E-state index in [2.05, 4.69) is 0 Å². The van der Waals surface area contributed by atoms with E-state index in [0.717, 1.165) is 6.08 Å². The molecule has 0 fully saturated rings. The zero-order valence-corrected chi connectivity index (χ0v) is 7.71. The Hall–Kier alpha value is -2.37. The molecule has 0 unspecified atom stereocenters. The molecule has 1 aromatic rings. The SMILES string of the molecule is NC(=O)C=Cc1cc([N+](=O)[O-])ccc1N. The van der Waals surface area contributed by atoms with E-state index in [1.54, 1.807) is 0 Å². The Morgan fingerprint density at radius 1 is 1.47 bits per heavy atom. The Morgan fingerprint density at radius 3 is 2.67 bits per heavy atom. The van der Waals surface area contributed by atoms with Gasteiger partial charge in [-0.3, -0.25) is 14.9 Å². The molecule has 0 aliphatic carbocycles. The van der Waals surface area contributed by atoms with Crippen molar-refractivity contribution in [2.24, 2.45) is 5.73 Å². The molecular weight excluding hydrogens is 198 g/mol. The van der Waals surface area contributed by atoms with Gasteiger partial charge < -0.3 is 11.5 Å². The van der Waals surface area contributed by atoms with Crippen LogP contribution in [0.15, 0.2) is 24.3 Å². The van der Waals surface area contributed by atoms with Crippen molar-refractivity contribution in [3.05, 3.63) is 40.0 Å². The lowest BCUT2D eigenvalue weighted by Gasteiger charge is -1.99. The van der Waals surface area contributed by atoms with E-state index in [4.69, 9.17) is 11.5 Å².